The second-order valence-corrected chi connectivity index (χ2v) is 8.63. The predicted molar refractivity (Wildman–Crippen MR) is 111 cm³/mol. The summed E-state index contributed by atoms with van der Waals surface area (Å²) in [6.07, 6.45) is 7.40. The molecule has 4 rings (SSSR count). The van der Waals surface area contributed by atoms with Gasteiger partial charge < -0.3 is 28.4 Å². The van der Waals surface area contributed by atoms with E-state index in [4.69, 9.17) is 28.4 Å². The Morgan fingerprint density at radius 1 is 0.690 bits per heavy atom. The largest absolute Gasteiger partial charge is 0.379 e. The lowest BCUT2D eigenvalue weighted by molar-refractivity contribution is -0.0384. The first-order chi connectivity index (χ1) is 14.3. The van der Waals surface area contributed by atoms with Crippen LogP contribution in [-0.4, -0.2) is 77.8 Å². The molecule has 0 spiro atoms. The molecule has 0 radical (unpaired) electrons. The summed E-state index contributed by atoms with van der Waals surface area (Å²) in [4.78, 5) is 0. The van der Waals surface area contributed by atoms with Crippen molar-refractivity contribution in [2.45, 2.75) is 64.1 Å². The third-order valence-electron chi connectivity index (χ3n) is 6.64. The van der Waals surface area contributed by atoms with Crippen LogP contribution in [0.25, 0.3) is 0 Å². The van der Waals surface area contributed by atoms with Crippen molar-refractivity contribution in [2.24, 2.45) is 17.8 Å². The Bertz CT molecular complexity index is 447. The average Bonchev–Trinajstić information content (AvgIpc) is 3.05. The summed E-state index contributed by atoms with van der Waals surface area (Å²) in [6.45, 7) is 11.4. The Labute approximate surface area is 176 Å². The molecule has 0 saturated heterocycles. The highest BCUT2D eigenvalue weighted by Gasteiger charge is 2.80. The van der Waals surface area contributed by atoms with Crippen LogP contribution in [0.15, 0.2) is 0 Å². The second-order valence-electron chi connectivity index (χ2n) is 8.63. The van der Waals surface area contributed by atoms with Crippen LogP contribution in [0.1, 0.15) is 52.4 Å². The molecule has 29 heavy (non-hydrogen) atoms. The molecule has 170 valence electrons. The smallest absolute Gasteiger partial charge is 0.0776 e. The summed E-state index contributed by atoms with van der Waals surface area (Å²) in [5.41, 5.74) is 0.101. The van der Waals surface area contributed by atoms with Crippen molar-refractivity contribution in [2.75, 3.05) is 66.1 Å². The monoisotopic (exact) mass is 414 g/mol. The first kappa shape index (κ1) is 23.4. The van der Waals surface area contributed by atoms with Gasteiger partial charge in [0.05, 0.1) is 64.6 Å². The molecule has 0 amide bonds. The van der Waals surface area contributed by atoms with Crippen LogP contribution in [-0.2, 0) is 28.4 Å². The number of unbranched alkanes of at least 4 members (excludes halogenated alkanes) is 2. The molecule has 6 nitrogen and oxygen atoms in total. The minimum Gasteiger partial charge on any atom is -0.379 e. The molecule has 4 aliphatic carbocycles. The summed E-state index contributed by atoms with van der Waals surface area (Å²) in [5.74, 6) is 1.99. The van der Waals surface area contributed by atoms with E-state index in [1.54, 1.807) is 0 Å². The topological polar surface area (TPSA) is 55.4 Å². The zero-order chi connectivity index (χ0) is 20.4. The Morgan fingerprint density at radius 2 is 1.24 bits per heavy atom. The number of hydrogen-bond acceptors (Lipinski definition) is 6. The highest BCUT2D eigenvalue weighted by molar-refractivity contribution is 5.29. The van der Waals surface area contributed by atoms with Gasteiger partial charge in [-0.25, -0.2) is 0 Å². The first-order valence-electron chi connectivity index (χ1n) is 11.9. The third kappa shape index (κ3) is 6.37. The van der Waals surface area contributed by atoms with Crippen LogP contribution in [0.4, 0.5) is 0 Å². The molecular weight excluding hydrogens is 372 g/mol. The van der Waals surface area contributed by atoms with Crippen LogP contribution in [0.3, 0.4) is 0 Å². The summed E-state index contributed by atoms with van der Waals surface area (Å²) >= 11 is 0. The lowest BCUT2D eigenvalue weighted by Gasteiger charge is -2.16. The van der Waals surface area contributed by atoms with Crippen LogP contribution in [0, 0.1) is 17.8 Å². The molecule has 0 heterocycles. The molecule has 0 unspecified atom stereocenters. The van der Waals surface area contributed by atoms with Gasteiger partial charge in [-0.15, -0.1) is 0 Å². The first-order valence-corrected chi connectivity index (χ1v) is 11.9. The number of hydrogen-bond donors (Lipinski definition) is 0. The molecule has 0 aromatic carbocycles. The van der Waals surface area contributed by atoms with Gasteiger partial charge in [-0.2, -0.15) is 0 Å². The SMILES string of the molecule is CCCCOCCOCCO[C@@H]1[C@H]2C[C@@H]3[C@@H]1[C@]3(OCCOCCOCCCC)C2. The van der Waals surface area contributed by atoms with E-state index in [2.05, 4.69) is 13.8 Å². The van der Waals surface area contributed by atoms with Crippen molar-refractivity contribution in [1.29, 1.82) is 0 Å². The van der Waals surface area contributed by atoms with Crippen molar-refractivity contribution in [3.63, 3.8) is 0 Å². The zero-order valence-electron chi connectivity index (χ0n) is 18.6. The van der Waals surface area contributed by atoms with Crippen molar-refractivity contribution < 1.29 is 28.4 Å². The summed E-state index contributed by atoms with van der Waals surface area (Å²) in [6, 6.07) is 0. The maximum absolute atomic E-state index is 6.29. The van der Waals surface area contributed by atoms with Crippen molar-refractivity contribution in [3.05, 3.63) is 0 Å². The average molecular weight is 415 g/mol. The van der Waals surface area contributed by atoms with Crippen molar-refractivity contribution >= 4 is 0 Å². The fourth-order valence-corrected chi connectivity index (χ4v) is 5.20. The fraction of sp³-hybridized carbons (Fsp3) is 1.00. The molecule has 6 heteroatoms. The Hall–Kier alpha value is -0.240. The van der Waals surface area contributed by atoms with E-state index in [1.807, 2.05) is 0 Å². The second kappa shape index (κ2) is 12.6. The summed E-state index contributed by atoms with van der Waals surface area (Å²) < 4.78 is 34.7. The van der Waals surface area contributed by atoms with E-state index in [0.717, 1.165) is 26.1 Å². The van der Waals surface area contributed by atoms with Crippen LogP contribution in [0.5, 0.6) is 0 Å². The number of ether oxygens (including phenoxy) is 6. The molecule has 4 bridgehead atoms. The third-order valence-corrected chi connectivity index (χ3v) is 6.64. The highest BCUT2D eigenvalue weighted by Crippen LogP contribution is 2.75. The van der Waals surface area contributed by atoms with Gasteiger partial charge in [0.25, 0.3) is 0 Å². The van der Waals surface area contributed by atoms with E-state index in [9.17, 15) is 0 Å². The summed E-state index contributed by atoms with van der Waals surface area (Å²) in [5, 5.41) is 0. The van der Waals surface area contributed by atoms with Gasteiger partial charge >= 0.3 is 0 Å². The minimum absolute atomic E-state index is 0.101. The Kier molecular flexibility index (Phi) is 10.2. The molecule has 4 aliphatic rings. The van der Waals surface area contributed by atoms with Crippen molar-refractivity contribution in [1.82, 2.24) is 0 Å². The van der Waals surface area contributed by atoms with Gasteiger partial charge in [-0.3, -0.25) is 0 Å². The molecule has 0 N–H and O–H groups in total. The van der Waals surface area contributed by atoms with E-state index in [0.29, 0.717) is 76.7 Å². The molecule has 5 atom stereocenters. The van der Waals surface area contributed by atoms with E-state index < -0.39 is 0 Å². The molecule has 4 saturated carbocycles. The van der Waals surface area contributed by atoms with Gasteiger partial charge in [0.15, 0.2) is 0 Å². The predicted octanol–water partition coefficient (Wildman–Crippen LogP) is 3.46. The van der Waals surface area contributed by atoms with Crippen molar-refractivity contribution in [3.8, 4) is 0 Å². The molecule has 0 aromatic heterocycles. The van der Waals surface area contributed by atoms with Crippen LogP contribution < -0.4 is 0 Å². The summed E-state index contributed by atoms with van der Waals surface area (Å²) in [7, 11) is 0. The molecule has 4 fully saturated rings. The molecular formula is C23H42O6. The quantitative estimate of drug-likeness (QED) is 0.284. The van der Waals surface area contributed by atoms with E-state index in [-0.39, 0.29) is 5.60 Å². The zero-order valence-corrected chi connectivity index (χ0v) is 18.6. The maximum Gasteiger partial charge on any atom is 0.0776 e. The van der Waals surface area contributed by atoms with Gasteiger partial charge in [-0.1, -0.05) is 26.7 Å². The molecule has 0 aliphatic heterocycles. The van der Waals surface area contributed by atoms with Crippen LogP contribution >= 0.6 is 0 Å². The van der Waals surface area contributed by atoms with E-state index in [1.165, 1.54) is 25.7 Å². The highest BCUT2D eigenvalue weighted by atomic mass is 16.6. The normalized spacial score (nSPS) is 31.7. The standard InChI is InChI=1S/C23H42O6/c1-3-5-7-24-9-11-26-13-15-28-22-19-17-20-21(22)23(20,18-19)29-16-14-27-12-10-25-8-6-4-2/h19-22H,3-18H2,1-2H3/t19-,20+,21-,22+,23-/m0/s1. The van der Waals surface area contributed by atoms with Gasteiger partial charge in [0, 0.05) is 19.1 Å². The lowest BCUT2D eigenvalue weighted by Crippen LogP contribution is -2.22. The van der Waals surface area contributed by atoms with Crippen LogP contribution in [0.2, 0.25) is 0 Å². The minimum atomic E-state index is 0.101. The lowest BCUT2D eigenvalue weighted by atomic mass is 10.1. The van der Waals surface area contributed by atoms with E-state index >= 15 is 0 Å². The van der Waals surface area contributed by atoms with Gasteiger partial charge in [-0.05, 0) is 37.5 Å². The number of rotatable bonds is 20. The van der Waals surface area contributed by atoms with Gasteiger partial charge in [0.1, 0.15) is 0 Å². The van der Waals surface area contributed by atoms with Gasteiger partial charge in [0.2, 0.25) is 0 Å². The Balaban J connectivity index is 1.17. The fourth-order valence-electron chi connectivity index (χ4n) is 5.20. The maximum atomic E-state index is 6.29. The Morgan fingerprint density at radius 3 is 1.83 bits per heavy atom. The molecule has 0 aromatic rings.